The predicted molar refractivity (Wildman–Crippen MR) is 70.3 cm³/mol. The summed E-state index contributed by atoms with van der Waals surface area (Å²) in [6.07, 6.45) is 0. The Morgan fingerprint density at radius 3 is 2.87 bits per heavy atom. The third-order valence-electron chi connectivity index (χ3n) is 1.65. The Morgan fingerprint density at radius 2 is 2.33 bits per heavy atom. The molecule has 2 aromatic heterocycles. The van der Waals surface area contributed by atoms with Gasteiger partial charge < -0.3 is 10.1 Å². The van der Waals surface area contributed by atoms with Crippen molar-refractivity contribution in [3.63, 3.8) is 0 Å². The first kappa shape index (κ1) is 11.1. The summed E-state index contributed by atoms with van der Waals surface area (Å²) in [7, 11) is 0. The highest BCUT2D eigenvalue weighted by Gasteiger charge is 2.10. The van der Waals surface area contributed by atoms with Crippen LogP contribution in [0.25, 0.3) is 10.7 Å². The first-order valence-corrected chi connectivity index (χ1v) is 6.56. The van der Waals surface area contributed by atoms with Crippen molar-refractivity contribution in [1.29, 1.82) is 0 Å². The van der Waals surface area contributed by atoms with Crippen LogP contribution in [-0.4, -0.2) is 15.1 Å². The number of hydrogen-bond donors (Lipinski definition) is 2. The molecule has 2 aromatic rings. The van der Waals surface area contributed by atoms with E-state index in [1.54, 1.807) is 22.6 Å². The summed E-state index contributed by atoms with van der Waals surface area (Å²) in [6.45, 7) is 0. The van der Waals surface area contributed by atoms with Crippen molar-refractivity contribution < 1.29 is 5.11 Å². The van der Waals surface area contributed by atoms with Crippen LogP contribution >= 0.6 is 49.9 Å². The first-order chi connectivity index (χ1) is 7.08. The average molecular weight is 399 g/mol. The van der Waals surface area contributed by atoms with Crippen LogP contribution in [0, 0.1) is 3.57 Å². The molecular formula is C8H4BrIN2O2S. The molecule has 0 saturated heterocycles. The summed E-state index contributed by atoms with van der Waals surface area (Å²) in [6, 6.07) is 1.83. The van der Waals surface area contributed by atoms with E-state index in [9.17, 15) is 9.90 Å². The third kappa shape index (κ3) is 2.23. The van der Waals surface area contributed by atoms with Gasteiger partial charge in [0.2, 0.25) is 5.88 Å². The molecule has 2 N–H and O–H groups in total. The van der Waals surface area contributed by atoms with Gasteiger partial charge in [-0.25, -0.2) is 0 Å². The minimum absolute atomic E-state index is 0.201. The molecule has 78 valence electrons. The van der Waals surface area contributed by atoms with E-state index in [0.29, 0.717) is 5.82 Å². The second kappa shape index (κ2) is 4.22. The van der Waals surface area contributed by atoms with E-state index >= 15 is 0 Å². The van der Waals surface area contributed by atoms with Gasteiger partial charge in [-0.3, -0.25) is 4.79 Å². The van der Waals surface area contributed by atoms with Crippen LogP contribution in [0.4, 0.5) is 0 Å². The maximum atomic E-state index is 11.4. The number of hydrogen-bond acceptors (Lipinski definition) is 4. The number of aromatic hydroxyl groups is 1. The molecule has 0 fully saturated rings. The summed E-state index contributed by atoms with van der Waals surface area (Å²) in [5.74, 6) is 0.146. The second-order valence-electron chi connectivity index (χ2n) is 2.68. The van der Waals surface area contributed by atoms with Crippen molar-refractivity contribution in [3.8, 4) is 16.6 Å². The fourth-order valence-electron chi connectivity index (χ4n) is 1.00. The van der Waals surface area contributed by atoms with Crippen LogP contribution in [0.1, 0.15) is 0 Å². The molecule has 0 amide bonds. The van der Waals surface area contributed by atoms with E-state index in [-0.39, 0.29) is 15.0 Å². The lowest BCUT2D eigenvalue weighted by atomic mass is 10.4. The molecule has 0 bridgehead atoms. The van der Waals surface area contributed by atoms with Gasteiger partial charge in [0.05, 0.1) is 4.88 Å². The van der Waals surface area contributed by atoms with Crippen molar-refractivity contribution in [1.82, 2.24) is 9.97 Å². The topological polar surface area (TPSA) is 66.0 Å². The van der Waals surface area contributed by atoms with E-state index in [0.717, 1.165) is 9.35 Å². The predicted octanol–water partition coefficient (Wildman–Crippen LogP) is 2.57. The van der Waals surface area contributed by atoms with Gasteiger partial charge in [0.15, 0.2) is 5.82 Å². The van der Waals surface area contributed by atoms with Crippen molar-refractivity contribution in [2.45, 2.75) is 0 Å². The van der Waals surface area contributed by atoms with Crippen LogP contribution in [0.5, 0.6) is 5.88 Å². The zero-order chi connectivity index (χ0) is 11.0. The molecule has 2 rings (SSSR count). The fraction of sp³-hybridized carbons (Fsp3) is 0. The van der Waals surface area contributed by atoms with Crippen LogP contribution < -0.4 is 5.56 Å². The molecule has 0 saturated carbocycles. The summed E-state index contributed by atoms with van der Waals surface area (Å²) < 4.78 is 1.12. The van der Waals surface area contributed by atoms with Gasteiger partial charge in [-0.2, -0.15) is 4.98 Å². The van der Waals surface area contributed by atoms with Gasteiger partial charge in [-0.05, 0) is 44.6 Å². The maximum absolute atomic E-state index is 11.4. The third-order valence-corrected chi connectivity index (χ3v) is 4.32. The van der Waals surface area contributed by atoms with E-state index < -0.39 is 0 Å². The van der Waals surface area contributed by atoms with Gasteiger partial charge in [0.1, 0.15) is 3.57 Å². The van der Waals surface area contributed by atoms with Crippen LogP contribution in [-0.2, 0) is 0 Å². The number of nitrogens with zero attached hydrogens (tertiary/aromatic N) is 1. The van der Waals surface area contributed by atoms with Gasteiger partial charge >= 0.3 is 0 Å². The van der Waals surface area contributed by atoms with Crippen molar-refractivity contribution in [3.05, 3.63) is 29.8 Å². The lowest BCUT2D eigenvalue weighted by molar-refractivity contribution is 0.447. The Labute approximate surface area is 111 Å². The number of thiophene rings is 1. The fourth-order valence-corrected chi connectivity index (χ4v) is 2.63. The smallest absolute Gasteiger partial charge is 0.268 e. The van der Waals surface area contributed by atoms with Gasteiger partial charge in [0.25, 0.3) is 5.56 Å². The van der Waals surface area contributed by atoms with E-state index in [1.165, 1.54) is 11.3 Å². The lowest BCUT2D eigenvalue weighted by Crippen LogP contribution is -2.11. The Kier molecular flexibility index (Phi) is 3.12. The van der Waals surface area contributed by atoms with Crippen LogP contribution in [0.2, 0.25) is 0 Å². The molecular weight excluding hydrogens is 395 g/mol. The van der Waals surface area contributed by atoms with Gasteiger partial charge in [-0.1, -0.05) is 0 Å². The first-order valence-electron chi connectivity index (χ1n) is 3.81. The molecule has 0 aromatic carbocycles. The highest BCUT2D eigenvalue weighted by atomic mass is 127. The van der Waals surface area contributed by atoms with Gasteiger partial charge in [0, 0.05) is 9.85 Å². The number of H-pyrrole nitrogens is 1. The molecule has 0 spiro atoms. The Hall–Kier alpha value is -0.410. The number of aromatic amines is 1. The Morgan fingerprint density at radius 1 is 1.60 bits per heavy atom. The van der Waals surface area contributed by atoms with Crippen LogP contribution in [0.3, 0.4) is 0 Å². The zero-order valence-corrected chi connectivity index (χ0v) is 11.7. The summed E-state index contributed by atoms with van der Waals surface area (Å²) in [4.78, 5) is 18.7. The molecule has 2 heterocycles. The van der Waals surface area contributed by atoms with E-state index in [1.807, 2.05) is 11.4 Å². The minimum Gasteiger partial charge on any atom is -0.492 e. The van der Waals surface area contributed by atoms with Crippen LogP contribution in [0.15, 0.2) is 20.7 Å². The largest absolute Gasteiger partial charge is 0.492 e. The Balaban J connectivity index is 2.60. The normalized spacial score (nSPS) is 10.5. The zero-order valence-electron chi connectivity index (χ0n) is 7.12. The number of nitrogens with one attached hydrogen (secondary N) is 1. The summed E-state index contributed by atoms with van der Waals surface area (Å²) in [5.41, 5.74) is -0.331. The quantitative estimate of drug-likeness (QED) is 0.725. The van der Waals surface area contributed by atoms with E-state index in [4.69, 9.17) is 0 Å². The second-order valence-corrected chi connectivity index (χ2v) is 5.59. The molecule has 0 atom stereocenters. The van der Waals surface area contributed by atoms with Crippen molar-refractivity contribution in [2.24, 2.45) is 0 Å². The van der Waals surface area contributed by atoms with E-state index in [2.05, 4.69) is 25.9 Å². The lowest BCUT2D eigenvalue weighted by Gasteiger charge is -1.98. The average Bonchev–Trinajstić information content (AvgIpc) is 2.60. The molecule has 4 nitrogen and oxygen atoms in total. The Bertz CT molecular complexity index is 566. The number of rotatable bonds is 1. The molecule has 0 unspecified atom stereocenters. The highest BCUT2D eigenvalue weighted by Crippen LogP contribution is 2.28. The molecule has 15 heavy (non-hydrogen) atoms. The SMILES string of the molecule is O=c1[nH]c(-c2cc(Br)cs2)nc(O)c1I. The molecule has 0 aliphatic heterocycles. The monoisotopic (exact) mass is 398 g/mol. The highest BCUT2D eigenvalue weighted by molar-refractivity contribution is 14.1. The number of aromatic nitrogens is 2. The maximum Gasteiger partial charge on any atom is 0.268 e. The number of halogens is 2. The summed E-state index contributed by atoms with van der Waals surface area (Å²) in [5, 5.41) is 11.3. The summed E-state index contributed by atoms with van der Waals surface area (Å²) >= 11 is 6.49. The molecule has 0 aliphatic carbocycles. The standard InChI is InChI=1S/C8H4BrIN2O2S/c9-3-1-4(15-2-3)6-11-7(13)5(10)8(14)12-6/h1-2H,(H2,11,12,13,14). The molecule has 0 aliphatic rings. The molecule has 7 heteroatoms. The van der Waals surface area contributed by atoms with Gasteiger partial charge in [-0.15, -0.1) is 11.3 Å². The minimum atomic E-state index is -0.331. The van der Waals surface area contributed by atoms with Crippen molar-refractivity contribution in [2.75, 3.05) is 0 Å². The molecule has 0 radical (unpaired) electrons. The van der Waals surface area contributed by atoms with Crippen molar-refractivity contribution >= 4 is 49.9 Å².